The molecule has 0 aromatic carbocycles. The van der Waals surface area contributed by atoms with E-state index in [1.807, 2.05) is 18.3 Å². The van der Waals surface area contributed by atoms with E-state index in [1.54, 1.807) is 6.20 Å². The molecule has 1 aromatic rings. The quantitative estimate of drug-likeness (QED) is 0.796. The maximum atomic E-state index is 12.6. The number of rotatable bonds is 6. The molecular formula is C20H28N2O3. The van der Waals surface area contributed by atoms with Crippen molar-refractivity contribution in [1.29, 1.82) is 0 Å². The number of hydrogen-bond acceptors (Lipinski definition) is 4. The van der Waals surface area contributed by atoms with E-state index in [2.05, 4.69) is 9.88 Å². The van der Waals surface area contributed by atoms with E-state index >= 15 is 0 Å². The van der Waals surface area contributed by atoms with Crippen LogP contribution in [-0.2, 0) is 20.9 Å². The number of likely N-dealkylation sites (tertiary alicyclic amines) is 1. The van der Waals surface area contributed by atoms with Gasteiger partial charge in [-0.3, -0.25) is 9.78 Å². The van der Waals surface area contributed by atoms with Gasteiger partial charge in [-0.15, -0.1) is 0 Å². The van der Waals surface area contributed by atoms with E-state index in [0.717, 1.165) is 50.9 Å². The average Bonchev–Trinajstić information content (AvgIpc) is 3.46. The Balaban J connectivity index is 1.39. The number of pyridine rings is 1. The highest BCUT2D eigenvalue weighted by Crippen LogP contribution is 2.41. The monoisotopic (exact) mass is 344 g/mol. The molecule has 0 radical (unpaired) electrons. The highest BCUT2D eigenvalue weighted by molar-refractivity contribution is 5.77. The minimum atomic E-state index is -0.0437. The van der Waals surface area contributed by atoms with Gasteiger partial charge < -0.3 is 14.4 Å². The summed E-state index contributed by atoms with van der Waals surface area (Å²) in [6.45, 7) is 3.68. The van der Waals surface area contributed by atoms with Crippen LogP contribution in [0.15, 0.2) is 24.5 Å². The first-order valence-corrected chi connectivity index (χ1v) is 9.61. The molecular weight excluding hydrogens is 316 g/mol. The Morgan fingerprint density at radius 3 is 3.12 bits per heavy atom. The number of fused-ring (bicyclic) bond motifs is 1. The van der Waals surface area contributed by atoms with Crippen LogP contribution >= 0.6 is 0 Å². The number of carbonyl (C=O) groups excluding carboxylic acids is 1. The fraction of sp³-hybridized carbons (Fsp3) is 0.700. The molecule has 25 heavy (non-hydrogen) atoms. The van der Waals surface area contributed by atoms with Crippen LogP contribution in [0.5, 0.6) is 0 Å². The molecule has 3 aliphatic rings. The molecule has 4 rings (SSSR count). The summed E-state index contributed by atoms with van der Waals surface area (Å²) < 4.78 is 12.2. The predicted molar refractivity (Wildman–Crippen MR) is 93.8 cm³/mol. The molecule has 2 atom stereocenters. The molecule has 1 aromatic heterocycles. The van der Waals surface area contributed by atoms with Gasteiger partial charge in [0.25, 0.3) is 0 Å². The summed E-state index contributed by atoms with van der Waals surface area (Å²) in [5, 5.41) is 0. The Bertz CT molecular complexity index is 590. The third-order valence-corrected chi connectivity index (χ3v) is 5.88. The summed E-state index contributed by atoms with van der Waals surface area (Å²) >= 11 is 0. The van der Waals surface area contributed by atoms with Crippen LogP contribution in [0.4, 0.5) is 0 Å². The van der Waals surface area contributed by atoms with Gasteiger partial charge in [0.15, 0.2) is 0 Å². The van der Waals surface area contributed by atoms with Crippen molar-refractivity contribution in [2.75, 3.05) is 26.3 Å². The molecule has 0 bridgehead atoms. The largest absolute Gasteiger partial charge is 0.377 e. The van der Waals surface area contributed by atoms with E-state index in [1.165, 1.54) is 12.8 Å². The number of aromatic nitrogens is 1. The third kappa shape index (κ3) is 4.04. The molecule has 0 N–H and O–H groups in total. The Morgan fingerprint density at radius 2 is 2.32 bits per heavy atom. The number of hydrogen-bond donors (Lipinski definition) is 0. The number of ether oxygens (including phenoxy) is 2. The highest BCUT2D eigenvalue weighted by Gasteiger charge is 2.47. The van der Waals surface area contributed by atoms with Crippen molar-refractivity contribution in [2.45, 2.75) is 51.2 Å². The lowest BCUT2D eigenvalue weighted by molar-refractivity contribution is -0.166. The second-order valence-electron chi connectivity index (χ2n) is 7.93. The number of piperidine rings is 1. The molecule has 5 nitrogen and oxygen atoms in total. The zero-order valence-corrected chi connectivity index (χ0v) is 14.9. The van der Waals surface area contributed by atoms with Crippen LogP contribution in [0.2, 0.25) is 0 Å². The van der Waals surface area contributed by atoms with Crippen molar-refractivity contribution in [3.63, 3.8) is 0 Å². The predicted octanol–water partition coefficient (Wildman–Crippen LogP) is 2.80. The fourth-order valence-electron chi connectivity index (χ4n) is 4.27. The number of carbonyl (C=O) groups is 1. The summed E-state index contributed by atoms with van der Waals surface area (Å²) in [5.74, 6) is 0.976. The Morgan fingerprint density at radius 1 is 1.40 bits per heavy atom. The van der Waals surface area contributed by atoms with Gasteiger partial charge in [0.1, 0.15) is 0 Å². The average molecular weight is 344 g/mol. The second-order valence-corrected chi connectivity index (χ2v) is 7.93. The van der Waals surface area contributed by atoms with Gasteiger partial charge in [0.05, 0.1) is 19.3 Å². The minimum absolute atomic E-state index is 0.0437. The van der Waals surface area contributed by atoms with E-state index < -0.39 is 0 Å². The third-order valence-electron chi connectivity index (χ3n) is 5.88. The lowest BCUT2D eigenvalue weighted by atomic mass is 9.73. The molecule has 0 unspecified atom stereocenters. The second kappa shape index (κ2) is 7.42. The van der Waals surface area contributed by atoms with Gasteiger partial charge in [-0.05, 0) is 49.7 Å². The summed E-state index contributed by atoms with van der Waals surface area (Å²) in [7, 11) is 0. The van der Waals surface area contributed by atoms with Gasteiger partial charge in [-0.25, -0.2) is 0 Å². The Kier molecular flexibility index (Phi) is 5.04. The molecule has 0 spiro atoms. The summed E-state index contributed by atoms with van der Waals surface area (Å²) in [5.41, 5.74) is 1.04. The van der Waals surface area contributed by atoms with Crippen LogP contribution in [0, 0.1) is 11.3 Å². The zero-order chi connectivity index (χ0) is 17.1. The Labute approximate surface area is 149 Å². The summed E-state index contributed by atoms with van der Waals surface area (Å²) in [6, 6.07) is 3.97. The fourth-order valence-corrected chi connectivity index (χ4v) is 4.27. The van der Waals surface area contributed by atoms with Crippen LogP contribution in [0.25, 0.3) is 0 Å². The molecule has 1 amide bonds. The SMILES string of the molecule is O=C(CC1CC1)N1CC[C@H]2OCCC[C@@]2(COCc2cccnc2)C1. The number of nitrogens with zero attached hydrogens (tertiary/aromatic N) is 2. The first kappa shape index (κ1) is 17.0. The first-order valence-electron chi connectivity index (χ1n) is 9.61. The zero-order valence-electron chi connectivity index (χ0n) is 14.9. The Hall–Kier alpha value is -1.46. The maximum absolute atomic E-state index is 12.6. The summed E-state index contributed by atoms with van der Waals surface area (Å²) in [4.78, 5) is 18.8. The maximum Gasteiger partial charge on any atom is 0.222 e. The van der Waals surface area contributed by atoms with Gasteiger partial charge in [-0.2, -0.15) is 0 Å². The van der Waals surface area contributed by atoms with Gasteiger partial charge in [0, 0.05) is 43.9 Å². The molecule has 5 heteroatoms. The van der Waals surface area contributed by atoms with Crippen molar-refractivity contribution in [1.82, 2.24) is 9.88 Å². The smallest absolute Gasteiger partial charge is 0.222 e. The lowest BCUT2D eigenvalue weighted by Gasteiger charge is -2.50. The minimum Gasteiger partial charge on any atom is -0.377 e. The van der Waals surface area contributed by atoms with Crippen molar-refractivity contribution in [2.24, 2.45) is 11.3 Å². The van der Waals surface area contributed by atoms with Crippen molar-refractivity contribution in [3.8, 4) is 0 Å². The van der Waals surface area contributed by atoms with Gasteiger partial charge >= 0.3 is 0 Å². The van der Waals surface area contributed by atoms with E-state index in [9.17, 15) is 4.79 Å². The van der Waals surface area contributed by atoms with Crippen LogP contribution in [-0.4, -0.2) is 48.2 Å². The molecule has 3 fully saturated rings. The molecule has 1 aliphatic carbocycles. The molecule has 2 saturated heterocycles. The molecule has 136 valence electrons. The lowest BCUT2D eigenvalue weighted by Crippen LogP contribution is -2.58. The first-order chi connectivity index (χ1) is 12.3. The topological polar surface area (TPSA) is 51.7 Å². The van der Waals surface area contributed by atoms with Gasteiger partial charge in [-0.1, -0.05) is 6.07 Å². The molecule has 3 heterocycles. The highest BCUT2D eigenvalue weighted by atomic mass is 16.5. The van der Waals surface area contributed by atoms with E-state index in [0.29, 0.717) is 25.0 Å². The van der Waals surface area contributed by atoms with Crippen molar-refractivity contribution in [3.05, 3.63) is 30.1 Å². The normalized spacial score (nSPS) is 29.3. The molecule has 1 saturated carbocycles. The van der Waals surface area contributed by atoms with Crippen LogP contribution < -0.4 is 0 Å². The van der Waals surface area contributed by atoms with Crippen LogP contribution in [0.3, 0.4) is 0 Å². The van der Waals surface area contributed by atoms with Crippen molar-refractivity contribution >= 4 is 5.91 Å². The standard InChI is InChI=1S/C20H28N2O3/c23-19(11-16-4-5-16)22-9-6-18-20(14-22,7-2-10-25-18)15-24-13-17-3-1-8-21-12-17/h1,3,8,12,16,18H,2,4-7,9-11,13-15H2/t18-,20+/m1/s1. The summed E-state index contributed by atoms with van der Waals surface area (Å²) in [6.07, 6.45) is 10.1. The van der Waals surface area contributed by atoms with E-state index in [-0.39, 0.29) is 11.5 Å². The van der Waals surface area contributed by atoms with Crippen molar-refractivity contribution < 1.29 is 14.3 Å². The van der Waals surface area contributed by atoms with Crippen LogP contribution in [0.1, 0.15) is 44.1 Å². The number of amides is 1. The molecule has 2 aliphatic heterocycles. The van der Waals surface area contributed by atoms with E-state index in [4.69, 9.17) is 9.47 Å². The van der Waals surface area contributed by atoms with Gasteiger partial charge in [0.2, 0.25) is 5.91 Å².